The Balaban J connectivity index is 1.52. The van der Waals surface area contributed by atoms with Crippen LogP contribution in [0.4, 0.5) is 0 Å². The molecule has 26 heavy (non-hydrogen) atoms. The number of carbonyl (C=O) groups is 1. The first-order valence-electron chi connectivity index (χ1n) is 8.88. The van der Waals surface area contributed by atoms with Gasteiger partial charge in [0.15, 0.2) is 5.82 Å². The minimum Gasteiger partial charge on any atom is -0.337 e. The zero-order valence-corrected chi connectivity index (χ0v) is 14.7. The average molecular weight is 351 g/mol. The molecular formula is C19H21N5O2. The Bertz CT molecular complexity index is 886. The number of carbonyl (C=O) groups excluding carboxylic acids is 1. The van der Waals surface area contributed by atoms with E-state index >= 15 is 0 Å². The standard InChI is InChI=1S/C19H21N5O2/c1-14-21-18(26-22-14)17-9-5-6-10-24(17)19(25)16-11-20-23(13-16)12-15-7-3-2-4-8-15/h2-4,7-8,11,13,17H,5-6,9-10,12H2,1H3/t17-/m1/s1. The molecule has 7 heteroatoms. The van der Waals surface area contributed by atoms with Gasteiger partial charge in [0.05, 0.1) is 18.3 Å². The number of likely N-dealkylation sites (tertiary alicyclic amines) is 1. The zero-order valence-electron chi connectivity index (χ0n) is 14.7. The molecule has 0 saturated carbocycles. The number of hydrogen-bond acceptors (Lipinski definition) is 5. The number of aromatic nitrogens is 4. The van der Waals surface area contributed by atoms with E-state index in [9.17, 15) is 4.79 Å². The minimum atomic E-state index is -0.157. The first-order valence-corrected chi connectivity index (χ1v) is 8.88. The van der Waals surface area contributed by atoms with E-state index < -0.39 is 0 Å². The molecule has 4 rings (SSSR count). The maximum Gasteiger partial charge on any atom is 0.257 e. The van der Waals surface area contributed by atoms with Gasteiger partial charge in [-0.25, -0.2) is 0 Å². The summed E-state index contributed by atoms with van der Waals surface area (Å²) in [5.41, 5.74) is 1.73. The quantitative estimate of drug-likeness (QED) is 0.722. The summed E-state index contributed by atoms with van der Waals surface area (Å²) in [4.78, 5) is 19.2. The van der Waals surface area contributed by atoms with Gasteiger partial charge in [-0.05, 0) is 31.7 Å². The number of piperidine rings is 1. The summed E-state index contributed by atoms with van der Waals surface area (Å²) in [6, 6.07) is 9.90. The molecule has 1 amide bonds. The molecule has 0 bridgehead atoms. The van der Waals surface area contributed by atoms with Gasteiger partial charge in [-0.1, -0.05) is 35.5 Å². The van der Waals surface area contributed by atoms with Crippen LogP contribution in [0.2, 0.25) is 0 Å². The molecule has 0 spiro atoms. The van der Waals surface area contributed by atoms with Crippen molar-refractivity contribution in [2.45, 2.75) is 38.8 Å². The van der Waals surface area contributed by atoms with E-state index in [-0.39, 0.29) is 11.9 Å². The molecule has 0 aliphatic carbocycles. The van der Waals surface area contributed by atoms with Gasteiger partial charge in [-0.2, -0.15) is 10.1 Å². The van der Waals surface area contributed by atoms with E-state index in [1.54, 1.807) is 24.0 Å². The van der Waals surface area contributed by atoms with Crippen LogP contribution < -0.4 is 0 Å². The zero-order chi connectivity index (χ0) is 17.9. The second-order valence-corrected chi connectivity index (χ2v) is 6.60. The molecule has 1 aliphatic rings. The molecule has 1 aromatic carbocycles. The van der Waals surface area contributed by atoms with Crippen molar-refractivity contribution >= 4 is 5.91 Å². The summed E-state index contributed by atoms with van der Waals surface area (Å²) in [6.45, 7) is 3.12. The van der Waals surface area contributed by atoms with Crippen molar-refractivity contribution < 1.29 is 9.32 Å². The molecule has 0 radical (unpaired) electrons. The maximum atomic E-state index is 13.0. The Hall–Kier alpha value is -2.96. The van der Waals surface area contributed by atoms with Gasteiger partial charge in [0.1, 0.15) is 6.04 Å². The maximum absolute atomic E-state index is 13.0. The highest BCUT2D eigenvalue weighted by atomic mass is 16.5. The third kappa shape index (κ3) is 3.37. The van der Waals surface area contributed by atoms with Gasteiger partial charge < -0.3 is 9.42 Å². The van der Waals surface area contributed by atoms with E-state index in [4.69, 9.17) is 4.52 Å². The molecule has 2 aromatic heterocycles. The number of benzene rings is 1. The topological polar surface area (TPSA) is 77.0 Å². The predicted molar refractivity (Wildman–Crippen MR) is 94.4 cm³/mol. The molecular weight excluding hydrogens is 330 g/mol. The molecule has 1 fully saturated rings. The van der Waals surface area contributed by atoms with E-state index in [1.165, 1.54) is 0 Å². The van der Waals surface area contributed by atoms with Gasteiger partial charge in [0.25, 0.3) is 5.91 Å². The first-order chi connectivity index (χ1) is 12.7. The molecule has 3 aromatic rings. The van der Waals surface area contributed by atoms with Gasteiger partial charge in [-0.3, -0.25) is 9.48 Å². The van der Waals surface area contributed by atoms with Crippen LogP contribution in [0.15, 0.2) is 47.2 Å². The Morgan fingerprint density at radius 2 is 2.12 bits per heavy atom. The molecule has 1 saturated heterocycles. The molecule has 1 atom stereocenters. The van der Waals surface area contributed by atoms with Crippen molar-refractivity contribution in [2.24, 2.45) is 0 Å². The molecule has 0 N–H and O–H groups in total. The van der Waals surface area contributed by atoms with Crippen LogP contribution in [-0.2, 0) is 6.54 Å². The fourth-order valence-corrected chi connectivity index (χ4v) is 3.38. The highest BCUT2D eigenvalue weighted by Crippen LogP contribution is 2.31. The van der Waals surface area contributed by atoms with E-state index in [2.05, 4.69) is 15.2 Å². The summed E-state index contributed by atoms with van der Waals surface area (Å²) in [5.74, 6) is 1.07. The molecule has 1 aliphatic heterocycles. The number of hydrogen-bond donors (Lipinski definition) is 0. The highest BCUT2D eigenvalue weighted by molar-refractivity contribution is 5.94. The van der Waals surface area contributed by atoms with Crippen molar-refractivity contribution in [1.82, 2.24) is 24.8 Å². The van der Waals surface area contributed by atoms with Crippen molar-refractivity contribution in [3.63, 3.8) is 0 Å². The fraction of sp³-hybridized carbons (Fsp3) is 0.368. The van der Waals surface area contributed by atoms with Crippen LogP contribution in [0, 0.1) is 6.92 Å². The summed E-state index contributed by atoms with van der Waals surface area (Å²) in [6.07, 6.45) is 6.30. The second kappa shape index (κ2) is 7.11. The number of nitrogens with zero attached hydrogens (tertiary/aromatic N) is 5. The predicted octanol–water partition coefficient (Wildman–Crippen LogP) is 2.99. The highest BCUT2D eigenvalue weighted by Gasteiger charge is 2.32. The van der Waals surface area contributed by atoms with Crippen molar-refractivity contribution in [3.8, 4) is 0 Å². The van der Waals surface area contributed by atoms with Gasteiger partial charge in [0.2, 0.25) is 5.89 Å². The smallest absolute Gasteiger partial charge is 0.257 e. The molecule has 134 valence electrons. The van der Waals surface area contributed by atoms with Crippen LogP contribution in [0.25, 0.3) is 0 Å². The SMILES string of the molecule is Cc1noc([C@H]2CCCCN2C(=O)c2cnn(Cc3ccccc3)c2)n1. The van der Waals surface area contributed by atoms with Gasteiger partial charge >= 0.3 is 0 Å². The molecule has 3 heterocycles. The van der Waals surface area contributed by atoms with E-state index in [0.717, 1.165) is 24.8 Å². The van der Waals surface area contributed by atoms with Gasteiger partial charge in [0, 0.05) is 12.7 Å². The van der Waals surface area contributed by atoms with Gasteiger partial charge in [-0.15, -0.1) is 0 Å². The first kappa shape index (κ1) is 16.5. The minimum absolute atomic E-state index is 0.0372. The molecule has 0 unspecified atom stereocenters. The van der Waals surface area contributed by atoms with Crippen molar-refractivity contribution in [1.29, 1.82) is 0 Å². The third-order valence-corrected chi connectivity index (χ3v) is 4.66. The third-order valence-electron chi connectivity index (χ3n) is 4.66. The number of aryl methyl sites for hydroxylation is 1. The largest absolute Gasteiger partial charge is 0.337 e. The average Bonchev–Trinajstić information content (AvgIpc) is 3.31. The lowest BCUT2D eigenvalue weighted by molar-refractivity contribution is 0.0561. The van der Waals surface area contributed by atoms with E-state index in [0.29, 0.717) is 30.4 Å². The lowest BCUT2D eigenvalue weighted by Gasteiger charge is -2.33. The Morgan fingerprint density at radius 3 is 2.88 bits per heavy atom. The normalized spacial score (nSPS) is 17.4. The van der Waals surface area contributed by atoms with Crippen molar-refractivity contribution in [3.05, 3.63) is 65.6 Å². The fourth-order valence-electron chi connectivity index (χ4n) is 3.38. The lowest BCUT2D eigenvalue weighted by atomic mass is 10.0. The monoisotopic (exact) mass is 351 g/mol. The Morgan fingerprint density at radius 1 is 1.27 bits per heavy atom. The summed E-state index contributed by atoms with van der Waals surface area (Å²) >= 11 is 0. The van der Waals surface area contributed by atoms with Crippen molar-refractivity contribution in [2.75, 3.05) is 6.54 Å². The Kier molecular flexibility index (Phi) is 4.51. The summed E-state index contributed by atoms with van der Waals surface area (Å²) < 4.78 is 7.12. The number of amides is 1. The Labute approximate surface area is 151 Å². The summed E-state index contributed by atoms with van der Waals surface area (Å²) in [5, 5.41) is 8.22. The summed E-state index contributed by atoms with van der Waals surface area (Å²) in [7, 11) is 0. The van der Waals surface area contributed by atoms with Crippen LogP contribution in [0.3, 0.4) is 0 Å². The van der Waals surface area contributed by atoms with E-state index in [1.807, 2.05) is 35.2 Å². The van der Waals surface area contributed by atoms with Crippen LogP contribution in [0.5, 0.6) is 0 Å². The lowest BCUT2D eigenvalue weighted by Crippen LogP contribution is -2.38. The van der Waals surface area contributed by atoms with Crippen LogP contribution in [0.1, 0.15) is 52.9 Å². The molecule has 7 nitrogen and oxygen atoms in total. The number of rotatable bonds is 4. The van der Waals surface area contributed by atoms with Crippen LogP contribution >= 0.6 is 0 Å². The van der Waals surface area contributed by atoms with Crippen LogP contribution in [-0.4, -0.2) is 37.3 Å². The second-order valence-electron chi connectivity index (χ2n) is 6.60.